The molecule has 0 N–H and O–H groups in total. The molecule has 0 aromatic heterocycles. The van der Waals surface area contributed by atoms with Crippen LogP contribution in [0.5, 0.6) is 11.5 Å². The van der Waals surface area contributed by atoms with Crippen LogP contribution in [0.15, 0.2) is 24.3 Å². The maximum absolute atomic E-state index is 6.08. The van der Waals surface area contributed by atoms with Crippen molar-refractivity contribution in [1.82, 2.24) is 0 Å². The monoisotopic (exact) mass is 340 g/mol. The smallest absolute Gasteiger partial charge is 0.407 e. The quantitative estimate of drug-likeness (QED) is 0.506. The van der Waals surface area contributed by atoms with Crippen LogP contribution in [-0.4, -0.2) is 0 Å². The van der Waals surface area contributed by atoms with Crippen molar-refractivity contribution in [3.8, 4) is 23.5 Å². The predicted molar refractivity (Wildman–Crippen MR) is 97.3 cm³/mol. The first kappa shape index (κ1) is 16.7. The fourth-order valence-electron chi connectivity index (χ4n) is 3.10. The summed E-state index contributed by atoms with van der Waals surface area (Å²) in [7, 11) is -1.62. The molecule has 2 aromatic carbocycles. The van der Waals surface area contributed by atoms with Gasteiger partial charge in [-0.2, -0.15) is 0 Å². The summed E-state index contributed by atoms with van der Waals surface area (Å²) in [6, 6.07) is 8.58. The Morgan fingerprint density at radius 3 is 1.83 bits per heavy atom. The van der Waals surface area contributed by atoms with Crippen molar-refractivity contribution in [3.63, 3.8) is 0 Å². The number of hydrogen-bond acceptors (Lipinski definition) is 3. The Morgan fingerprint density at radius 2 is 1.38 bits per heavy atom. The molecule has 0 amide bonds. The molecule has 0 radical (unpaired) electrons. The van der Waals surface area contributed by atoms with E-state index in [4.69, 9.17) is 13.6 Å². The van der Waals surface area contributed by atoms with Crippen LogP contribution in [-0.2, 0) is 10.9 Å². The average molecular weight is 340 g/mol. The van der Waals surface area contributed by atoms with E-state index >= 15 is 0 Å². The highest BCUT2D eigenvalue weighted by atomic mass is 31.2. The molecule has 1 aliphatic rings. The minimum absolute atomic E-state index is 0.776. The Bertz CT molecular complexity index is 787. The van der Waals surface area contributed by atoms with E-state index in [2.05, 4.69) is 64.0 Å². The highest BCUT2D eigenvalue weighted by Crippen LogP contribution is 2.48. The molecule has 0 unspecified atom stereocenters. The van der Waals surface area contributed by atoms with Gasteiger partial charge in [0.05, 0.1) is 0 Å². The van der Waals surface area contributed by atoms with Gasteiger partial charge in [0.25, 0.3) is 0 Å². The van der Waals surface area contributed by atoms with Crippen LogP contribution in [0.3, 0.4) is 0 Å². The molecule has 1 aliphatic heterocycles. The third-order valence-corrected chi connectivity index (χ3v) is 4.83. The van der Waals surface area contributed by atoms with Gasteiger partial charge < -0.3 is 13.6 Å². The number of rotatable bonds is 1. The number of benzene rings is 2. The Balaban J connectivity index is 2.16. The second-order valence-electron chi connectivity index (χ2n) is 6.17. The normalized spacial score (nSPS) is 13.2. The Labute approximate surface area is 145 Å². The van der Waals surface area contributed by atoms with Crippen LogP contribution in [0.25, 0.3) is 0 Å². The van der Waals surface area contributed by atoms with E-state index in [1.54, 1.807) is 6.92 Å². The van der Waals surface area contributed by atoms with Crippen LogP contribution in [0.1, 0.15) is 40.3 Å². The molecule has 0 fully saturated rings. The molecule has 2 aromatic rings. The van der Waals surface area contributed by atoms with Crippen LogP contribution < -0.4 is 9.05 Å². The van der Waals surface area contributed by atoms with Gasteiger partial charge in [0, 0.05) is 13.3 Å². The SMILES string of the molecule is CC#COP1Oc2c(C)cc(C)cc2Cc2cc(C)cc(C)c2O1. The van der Waals surface area contributed by atoms with Gasteiger partial charge >= 0.3 is 8.60 Å². The average Bonchev–Trinajstić information content (AvgIpc) is 2.48. The lowest BCUT2D eigenvalue weighted by atomic mass is 9.96. The van der Waals surface area contributed by atoms with Gasteiger partial charge in [0.15, 0.2) is 0 Å². The van der Waals surface area contributed by atoms with Crippen LogP contribution >= 0.6 is 8.60 Å². The maximum Gasteiger partial charge on any atom is 0.539 e. The lowest BCUT2D eigenvalue weighted by Crippen LogP contribution is -2.08. The summed E-state index contributed by atoms with van der Waals surface area (Å²) in [6.45, 7) is 10.0. The first-order valence-corrected chi connectivity index (χ1v) is 9.02. The highest BCUT2D eigenvalue weighted by Gasteiger charge is 2.27. The zero-order valence-corrected chi connectivity index (χ0v) is 15.6. The van der Waals surface area contributed by atoms with E-state index in [0.29, 0.717) is 0 Å². The molecule has 0 saturated carbocycles. The van der Waals surface area contributed by atoms with E-state index < -0.39 is 8.60 Å². The zero-order chi connectivity index (χ0) is 17.3. The predicted octanol–water partition coefficient (Wildman–Crippen LogP) is 5.51. The molecule has 24 heavy (non-hydrogen) atoms. The van der Waals surface area contributed by atoms with Crippen molar-refractivity contribution in [1.29, 1.82) is 0 Å². The van der Waals surface area contributed by atoms with Crippen molar-refractivity contribution in [2.24, 2.45) is 0 Å². The Hall–Kier alpha value is -2.17. The molecule has 4 heteroatoms. The Morgan fingerprint density at radius 1 is 0.875 bits per heavy atom. The molecule has 1 heterocycles. The minimum Gasteiger partial charge on any atom is -0.407 e. The number of hydrogen-bond donors (Lipinski definition) is 0. The summed E-state index contributed by atoms with van der Waals surface area (Å²) in [5, 5.41) is 0. The van der Waals surface area contributed by atoms with Crippen molar-refractivity contribution in [2.45, 2.75) is 41.0 Å². The fourth-order valence-corrected chi connectivity index (χ4v) is 4.20. The first-order chi connectivity index (χ1) is 11.5. The molecule has 0 spiro atoms. The van der Waals surface area contributed by atoms with Crippen LogP contribution in [0.2, 0.25) is 0 Å². The molecule has 3 nitrogen and oxygen atoms in total. The second-order valence-corrected chi connectivity index (χ2v) is 7.16. The van der Waals surface area contributed by atoms with Gasteiger partial charge in [-0.15, -0.1) is 0 Å². The molecule has 0 aliphatic carbocycles. The summed E-state index contributed by atoms with van der Waals surface area (Å²) in [5.41, 5.74) is 6.93. The number of aryl methyl sites for hydroxylation is 4. The van der Waals surface area contributed by atoms with E-state index in [-0.39, 0.29) is 0 Å². The molecule has 0 bridgehead atoms. The van der Waals surface area contributed by atoms with Crippen molar-refractivity contribution in [3.05, 3.63) is 57.6 Å². The fraction of sp³-hybridized carbons (Fsp3) is 0.300. The molecule has 124 valence electrons. The molecule has 0 atom stereocenters. The highest BCUT2D eigenvalue weighted by molar-refractivity contribution is 7.42. The van der Waals surface area contributed by atoms with E-state index in [1.165, 1.54) is 11.1 Å². The topological polar surface area (TPSA) is 27.7 Å². The largest absolute Gasteiger partial charge is 0.539 e. The molecule has 3 rings (SSSR count). The lowest BCUT2D eigenvalue weighted by molar-refractivity contribution is 0.363. The molecule has 0 saturated heterocycles. The van der Waals surface area contributed by atoms with Gasteiger partial charge in [-0.1, -0.05) is 41.3 Å². The summed E-state index contributed by atoms with van der Waals surface area (Å²) >= 11 is 0. The maximum atomic E-state index is 6.08. The van der Waals surface area contributed by atoms with Gasteiger partial charge in [-0.25, -0.2) is 0 Å². The third-order valence-electron chi connectivity index (χ3n) is 3.93. The zero-order valence-electron chi connectivity index (χ0n) is 14.7. The minimum atomic E-state index is -1.62. The molecular weight excluding hydrogens is 319 g/mol. The van der Waals surface area contributed by atoms with E-state index in [0.717, 1.165) is 40.2 Å². The van der Waals surface area contributed by atoms with E-state index in [9.17, 15) is 0 Å². The summed E-state index contributed by atoms with van der Waals surface area (Å²) in [5.74, 6) is 4.41. The number of fused-ring (bicyclic) bond motifs is 2. The lowest BCUT2D eigenvalue weighted by Gasteiger charge is -2.24. The van der Waals surface area contributed by atoms with Crippen molar-refractivity contribution < 1.29 is 13.6 Å². The molecular formula is C20H21O3P. The van der Waals surface area contributed by atoms with Crippen LogP contribution in [0, 0.1) is 39.7 Å². The standard InChI is InChI=1S/C20H21O3P/c1-6-7-21-24-22-19-15(4)8-13(2)10-17(19)12-18-11-14(3)9-16(5)20(18)23-24/h8-11H,12H2,1-5H3. The Kier molecular flexibility index (Phi) is 4.69. The summed E-state index contributed by atoms with van der Waals surface area (Å²) in [4.78, 5) is 0. The first-order valence-electron chi connectivity index (χ1n) is 7.93. The van der Waals surface area contributed by atoms with Gasteiger partial charge in [0.2, 0.25) is 0 Å². The second kappa shape index (κ2) is 6.75. The van der Waals surface area contributed by atoms with Gasteiger partial charge in [0.1, 0.15) is 17.6 Å². The summed E-state index contributed by atoms with van der Waals surface area (Å²) < 4.78 is 17.7. The third kappa shape index (κ3) is 3.35. The van der Waals surface area contributed by atoms with Crippen molar-refractivity contribution >= 4 is 8.60 Å². The van der Waals surface area contributed by atoms with Gasteiger partial charge in [-0.3, -0.25) is 0 Å². The van der Waals surface area contributed by atoms with Gasteiger partial charge in [-0.05, 0) is 49.9 Å². The summed E-state index contributed by atoms with van der Waals surface area (Å²) in [6.07, 6.45) is 3.39. The van der Waals surface area contributed by atoms with Crippen LogP contribution in [0.4, 0.5) is 0 Å². The van der Waals surface area contributed by atoms with Crippen molar-refractivity contribution in [2.75, 3.05) is 0 Å². The van der Waals surface area contributed by atoms with E-state index in [1.807, 2.05) is 0 Å².